The van der Waals surface area contributed by atoms with Crippen LogP contribution in [0.1, 0.15) is 6.42 Å². The van der Waals surface area contributed by atoms with Gasteiger partial charge in [-0.2, -0.15) is 11.8 Å². The summed E-state index contributed by atoms with van der Waals surface area (Å²) in [5.41, 5.74) is 6.42. The number of hydrogen-bond donors (Lipinski definition) is 1. The van der Waals surface area contributed by atoms with Crippen LogP contribution in [0.25, 0.3) is 0 Å². The van der Waals surface area contributed by atoms with Crippen LogP contribution in [0.15, 0.2) is 24.3 Å². The van der Waals surface area contributed by atoms with E-state index in [1.807, 2.05) is 36.0 Å². The van der Waals surface area contributed by atoms with E-state index in [2.05, 4.69) is 19.0 Å². The first-order chi connectivity index (χ1) is 8.18. The minimum atomic E-state index is 0.753. The van der Waals surface area contributed by atoms with Crippen LogP contribution in [-0.4, -0.2) is 43.7 Å². The average Bonchev–Trinajstić information content (AvgIpc) is 2.27. The number of thioether (sulfide) groups is 1. The molecule has 1 rings (SSSR count). The molecule has 0 aliphatic carbocycles. The topological polar surface area (TPSA) is 38.5 Å². The van der Waals surface area contributed by atoms with Gasteiger partial charge in [0.2, 0.25) is 0 Å². The number of benzene rings is 1. The molecule has 0 aliphatic rings. The third-order valence-corrected chi connectivity index (χ3v) is 3.29. The van der Waals surface area contributed by atoms with Crippen LogP contribution in [-0.2, 0) is 0 Å². The molecule has 3 nitrogen and oxygen atoms in total. The molecular formula is C13H22N2OS. The van der Waals surface area contributed by atoms with Crippen molar-refractivity contribution in [3.63, 3.8) is 0 Å². The van der Waals surface area contributed by atoms with Crippen LogP contribution in [0.5, 0.6) is 5.75 Å². The number of hydrogen-bond acceptors (Lipinski definition) is 4. The van der Waals surface area contributed by atoms with E-state index in [4.69, 9.17) is 10.5 Å². The molecule has 0 spiro atoms. The molecule has 0 aliphatic heterocycles. The first kappa shape index (κ1) is 14.2. The Hall–Kier alpha value is -0.870. The highest BCUT2D eigenvalue weighted by Gasteiger charge is 1.95. The third kappa shape index (κ3) is 7.13. The molecular weight excluding hydrogens is 232 g/mol. The minimum Gasteiger partial charge on any atom is -0.493 e. The molecule has 4 heteroatoms. The zero-order valence-electron chi connectivity index (χ0n) is 10.7. The highest BCUT2D eigenvalue weighted by atomic mass is 32.2. The fraction of sp³-hybridized carbons (Fsp3) is 0.538. The number of ether oxygens (including phenoxy) is 1. The molecule has 0 bridgehead atoms. The number of anilines is 1. The van der Waals surface area contributed by atoms with Crippen molar-refractivity contribution in [2.45, 2.75) is 6.42 Å². The van der Waals surface area contributed by atoms with Gasteiger partial charge in [-0.05, 0) is 38.4 Å². The van der Waals surface area contributed by atoms with Gasteiger partial charge in [-0.1, -0.05) is 6.07 Å². The maximum Gasteiger partial charge on any atom is 0.121 e. The Morgan fingerprint density at radius 3 is 2.82 bits per heavy atom. The molecule has 1 aromatic rings. The average molecular weight is 254 g/mol. The summed E-state index contributed by atoms with van der Waals surface area (Å²) in [6, 6.07) is 7.58. The summed E-state index contributed by atoms with van der Waals surface area (Å²) in [4.78, 5) is 2.20. The summed E-state index contributed by atoms with van der Waals surface area (Å²) >= 11 is 1.97. The lowest BCUT2D eigenvalue weighted by Crippen LogP contribution is -2.15. The van der Waals surface area contributed by atoms with E-state index in [9.17, 15) is 0 Å². The van der Waals surface area contributed by atoms with Gasteiger partial charge >= 0.3 is 0 Å². The van der Waals surface area contributed by atoms with Gasteiger partial charge in [0.1, 0.15) is 5.75 Å². The van der Waals surface area contributed by atoms with E-state index < -0.39 is 0 Å². The number of nitrogen functional groups attached to an aromatic ring is 1. The molecule has 1 aromatic carbocycles. The first-order valence-corrected chi connectivity index (χ1v) is 7.05. The van der Waals surface area contributed by atoms with E-state index in [0.29, 0.717) is 0 Å². The second-order valence-electron chi connectivity index (χ2n) is 4.19. The van der Waals surface area contributed by atoms with E-state index in [1.165, 1.54) is 5.75 Å². The fourth-order valence-corrected chi connectivity index (χ4v) is 2.32. The number of nitrogens with zero attached hydrogens (tertiary/aromatic N) is 1. The van der Waals surface area contributed by atoms with E-state index >= 15 is 0 Å². The molecule has 2 N–H and O–H groups in total. The summed E-state index contributed by atoms with van der Waals surface area (Å²) < 4.78 is 5.61. The SMILES string of the molecule is CN(C)CCSCCCOc1cccc(N)c1. The van der Waals surface area contributed by atoms with Crippen LogP contribution >= 0.6 is 11.8 Å². The van der Waals surface area contributed by atoms with Gasteiger partial charge in [0.15, 0.2) is 0 Å². The summed E-state index contributed by atoms with van der Waals surface area (Å²) in [6.07, 6.45) is 1.08. The maximum atomic E-state index is 5.67. The summed E-state index contributed by atoms with van der Waals surface area (Å²) in [7, 11) is 4.20. The quantitative estimate of drug-likeness (QED) is 0.571. The molecule has 0 fully saturated rings. The summed E-state index contributed by atoms with van der Waals surface area (Å²) in [5, 5.41) is 0. The van der Waals surface area contributed by atoms with Gasteiger partial charge in [-0.25, -0.2) is 0 Å². The Balaban J connectivity index is 2.01. The van der Waals surface area contributed by atoms with Gasteiger partial charge < -0.3 is 15.4 Å². The van der Waals surface area contributed by atoms with Crippen molar-refractivity contribution in [2.75, 3.05) is 44.5 Å². The van der Waals surface area contributed by atoms with Crippen LogP contribution in [0.2, 0.25) is 0 Å². The Bertz CT molecular complexity index is 318. The van der Waals surface area contributed by atoms with Gasteiger partial charge in [-0.15, -0.1) is 0 Å². The van der Waals surface area contributed by atoms with Crippen LogP contribution in [0.4, 0.5) is 5.69 Å². The molecule has 0 saturated carbocycles. The summed E-state index contributed by atoms with van der Waals surface area (Å²) in [6.45, 7) is 1.90. The van der Waals surface area contributed by atoms with Gasteiger partial charge in [0.25, 0.3) is 0 Å². The van der Waals surface area contributed by atoms with Crippen LogP contribution in [0, 0.1) is 0 Å². The molecule has 17 heavy (non-hydrogen) atoms. The first-order valence-electron chi connectivity index (χ1n) is 5.89. The van der Waals surface area contributed by atoms with Crippen molar-refractivity contribution in [3.8, 4) is 5.75 Å². The highest BCUT2D eigenvalue weighted by Crippen LogP contribution is 2.14. The lowest BCUT2D eigenvalue weighted by atomic mass is 10.3. The third-order valence-electron chi connectivity index (χ3n) is 2.24. The monoisotopic (exact) mass is 254 g/mol. The predicted octanol–water partition coefficient (Wildman–Crippen LogP) is 2.33. The van der Waals surface area contributed by atoms with Crippen molar-refractivity contribution >= 4 is 17.4 Å². The molecule has 0 atom stereocenters. The van der Waals surface area contributed by atoms with Gasteiger partial charge in [-0.3, -0.25) is 0 Å². The predicted molar refractivity (Wildman–Crippen MR) is 76.8 cm³/mol. The molecule has 0 amide bonds. The molecule has 0 aromatic heterocycles. The standard InChI is InChI=1S/C13H22N2OS/c1-15(2)7-10-17-9-4-8-16-13-6-3-5-12(14)11-13/h3,5-6,11H,4,7-10,14H2,1-2H3. The molecule has 96 valence electrons. The molecule has 0 heterocycles. The normalized spacial score (nSPS) is 10.8. The van der Waals surface area contributed by atoms with Crippen molar-refractivity contribution in [1.82, 2.24) is 4.90 Å². The Kier molecular flexibility index (Phi) is 6.89. The second-order valence-corrected chi connectivity index (χ2v) is 5.41. The van der Waals surface area contributed by atoms with Crippen molar-refractivity contribution in [1.29, 1.82) is 0 Å². The molecule has 0 unspecified atom stereocenters. The molecule has 0 radical (unpaired) electrons. The minimum absolute atomic E-state index is 0.753. The zero-order valence-corrected chi connectivity index (χ0v) is 11.5. The van der Waals surface area contributed by atoms with Crippen molar-refractivity contribution in [3.05, 3.63) is 24.3 Å². The van der Waals surface area contributed by atoms with Gasteiger partial charge in [0, 0.05) is 24.1 Å². The van der Waals surface area contributed by atoms with E-state index in [1.54, 1.807) is 0 Å². The Morgan fingerprint density at radius 2 is 2.12 bits per heavy atom. The van der Waals surface area contributed by atoms with E-state index in [0.717, 1.165) is 36.8 Å². The van der Waals surface area contributed by atoms with Crippen molar-refractivity contribution < 1.29 is 4.74 Å². The smallest absolute Gasteiger partial charge is 0.121 e. The number of rotatable bonds is 8. The van der Waals surface area contributed by atoms with Crippen molar-refractivity contribution in [2.24, 2.45) is 0 Å². The Morgan fingerprint density at radius 1 is 1.29 bits per heavy atom. The maximum absolute atomic E-state index is 5.67. The van der Waals surface area contributed by atoms with Crippen LogP contribution < -0.4 is 10.5 Å². The highest BCUT2D eigenvalue weighted by molar-refractivity contribution is 7.99. The lowest BCUT2D eigenvalue weighted by Gasteiger charge is -2.09. The fourth-order valence-electron chi connectivity index (χ4n) is 1.30. The lowest BCUT2D eigenvalue weighted by molar-refractivity contribution is 0.319. The molecule has 0 saturated heterocycles. The van der Waals surface area contributed by atoms with Crippen LogP contribution in [0.3, 0.4) is 0 Å². The zero-order chi connectivity index (χ0) is 12.5. The van der Waals surface area contributed by atoms with E-state index in [-0.39, 0.29) is 0 Å². The largest absolute Gasteiger partial charge is 0.493 e. The number of nitrogens with two attached hydrogens (primary N) is 1. The summed E-state index contributed by atoms with van der Waals surface area (Å²) in [5.74, 6) is 3.20. The Labute approximate surface area is 108 Å². The van der Waals surface area contributed by atoms with Gasteiger partial charge in [0.05, 0.1) is 6.61 Å². The second kappa shape index (κ2) is 8.25.